The minimum absolute atomic E-state index is 0.148. The van der Waals surface area contributed by atoms with Crippen molar-refractivity contribution in [2.75, 3.05) is 32.6 Å². The van der Waals surface area contributed by atoms with Crippen LogP contribution in [0.5, 0.6) is 11.5 Å². The molecule has 1 aliphatic rings. The molecule has 0 spiro atoms. The van der Waals surface area contributed by atoms with Gasteiger partial charge in [-0.2, -0.15) is 0 Å². The van der Waals surface area contributed by atoms with E-state index in [0.717, 1.165) is 25.1 Å². The van der Waals surface area contributed by atoms with E-state index in [2.05, 4.69) is 17.3 Å². The molecular formula is C21H23FN2O3. The van der Waals surface area contributed by atoms with Gasteiger partial charge in [0.2, 0.25) is 5.91 Å². The Bertz CT molecular complexity index is 838. The molecular weight excluding hydrogens is 347 g/mol. The fourth-order valence-corrected chi connectivity index (χ4v) is 2.96. The molecule has 1 fully saturated rings. The van der Waals surface area contributed by atoms with E-state index >= 15 is 0 Å². The first-order chi connectivity index (χ1) is 13.0. The van der Waals surface area contributed by atoms with Crippen LogP contribution in [-0.2, 0) is 4.79 Å². The molecule has 0 aliphatic carbocycles. The summed E-state index contributed by atoms with van der Waals surface area (Å²) < 4.78 is 25.0. The molecule has 0 aromatic heterocycles. The fraction of sp³-hybridized carbons (Fsp3) is 0.286. The van der Waals surface area contributed by atoms with Gasteiger partial charge in [-0.3, -0.25) is 4.79 Å². The Labute approximate surface area is 158 Å². The van der Waals surface area contributed by atoms with E-state index in [1.54, 1.807) is 31.4 Å². The highest BCUT2D eigenvalue weighted by atomic mass is 19.1. The number of likely N-dealkylation sites (tertiary alicyclic amines) is 1. The average Bonchev–Trinajstić information content (AvgIpc) is 3.07. The van der Waals surface area contributed by atoms with Crippen molar-refractivity contribution in [3.8, 4) is 11.5 Å². The number of methoxy groups -OCH3 is 1. The largest absolute Gasteiger partial charge is 0.493 e. The van der Waals surface area contributed by atoms with Gasteiger partial charge in [0.15, 0.2) is 11.5 Å². The van der Waals surface area contributed by atoms with Gasteiger partial charge in [0.25, 0.3) is 0 Å². The minimum Gasteiger partial charge on any atom is -0.493 e. The van der Waals surface area contributed by atoms with E-state index in [0.29, 0.717) is 11.5 Å². The average molecular weight is 370 g/mol. The molecule has 1 aliphatic heterocycles. The van der Waals surface area contributed by atoms with Gasteiger partial charge in [0, 0.05) is 19.2 Å². The quantitative estimate of drug-likeness (QED) is 0.790. The molecule has 2 aromatic carbocycles. The summed E-state index contributed by atoms with van der Waals surface area (Å²) in [6, 6.07) is 11.5. The lowest BCUT2D eigenvalue weighted by Gasteiger charge is -2.16. The van der Waals surface area contributed by atoms with E-state index in [4.69, 9.17) is 9.47 Å². The van der Waals surface area contributed by atoms with Crippen LogP contribution < -0.4 is 14.8 Å². The number of carbonyl (C=O) groups excluding carboxylic acids is 1. The Morgan fingerprint density at radius 2 is 2.07 bits per heavy atom. The third-order valence-electron chi connectivity index (χ3n) is 4.39. The first kappa shape index (κ1) is 18.9. The third-order valence-corrected chi connectivity index (χ3v) is 4.39. The van der Waals surface area contributed by atoms with Gasteiger partial charge in [0.05, 0.1) is 12.8 Å². The Hall–Kier alpha value is -2.86. The van der Waals surface area contributed by atoms with Crippen LogP contribution in [-0.4, -0.2) is 44.2 Å². The maximum Gasteiger partial charge on any atom is 0.248 e. The first-order valence-corrected chi connectivity index (χ1v) is 8.82. The van der Waals surface area contributed by atoms with E-state index in [1.807, 2.05) is 12.1 Å². The zero-order chi connectivity index (χ0) is 19.2. The SMILES string of the molecule is COc1cc(/C=C/C(=O)Nc2ccccc2F)ccc1OC1CCN(C)C1. The normalized spacial score (nSPS) is 17.2. The van der Waals surface area contributed by atoms with Crippen molar-refractivity contribution in [2.24, 2.45) is 0 Å². The number of para-hydroxylation sites is 1. The topological polar surface area (TPSA) is 50.8 Å². The van der Waals surface area contributed by atoms with Gasteiger partial charge >= 0.3 is 0 Å². The highest BCUT2D eigenvalue weighted by Gasteiger charge is 2.22. The summed E-state index contributed by atoms with van der Waals surface area (Å²) in [5.41, 5.74) is 0.932. The molecule has 142 valence electrons. The predicted octanol–water partition coefficient (Wildman–Crippen LogP) is 3.57. The van der Waals surface area contributed by atoms with E-state index in [9.17, 15) is 9.18 Å². The Morgan fingerprint density at radius 3 is 2.78 bits per heavy atom. The number of benzene rings is 2. The molecule has 1 unspecified atom stereocenters. The summed E-state index contributed by atoms with van der Waals surface area (Å²) in [6.45, 7) is 1.91. The number of halogens is 1. The number of hydrogen-bond donors (Lipinski definition) is 1. The number of ether oxygens (including phenoxy) is 2. The molecule has 3 rings (SSSR count). The smallest absolute Gasteiger partial charge is 0.248 e. The molecule has 1 saturated heterocycles. The molecule has 1 N–H and O–H groups in total. The lowest BCUT2D eigenvalue weighted by Crippen LogP contribution is -2.21. The van der Waals surface area contributed by atoms with Crippen LogP contribution in [0.1, 0.15) is 12.0 Å². The van der Waals surface area contributed by atoms with Crippen LogP contribution in [0.4, 0.5) is 10.1 Å². The molecule has 5 nitrogen and oxygen atoms in total. The van der Waals surface area contributed by atoms with Crippen molar-refractivity contribution in [3.05, 3.63) is 59.9 Å². The summed E-state index contributed by atoms with van der Waals surface area (Å²) in [7, 11) is 3.65. The van der Waals surface area contributed by atoms with E-state index in [-0.39, 0.29) is 11.8 Å². The standard InChI is InChI=1S/C21H23FN2O3/c1-24-12-11-16(14-24)27-19-9-7-15(13-20(19)26-2)8-10-21(25)23-18-6-4-3-5-17(18)22/h3-10,13,16H,11-12,14H2,1-2H3,(H,23,25)/b10-8+. The van der Waals surface area contributed by atoms with Crippen LogP contribution in [0.3, 0.4) is 0 Å². The molecule has 1 heterocycles. The first-order valence-electron chi connectivity index (χ1n) is 8.82. The Morgan fingerprint density at radius 1 is 1.26 bits per heavy atom. The summed E-state index contributed by atoms with van der Waals surface area (Å²) in [6.07, 6.45) is 4.13. The van der Waals surface area contributed by atoms with Crippen molar-refractivity contribution in [1.82, 2.24) is 4.90 Å². The molecule has 0 bridgehead atoms. The maximum atomic E-state index is 13.6. The number of nitrogens with one attached hydrogen (secondary N) is 1. The lowest BCUT2D eigenvalue weighted by atomic mass is 10.2. The van der Waals surface area contributed by atoms with Crippen LogP contribution in [0.25, 0.3) is 6.08 Å². The van der Waals surface area contributed by atoms with Gasteiger partial charge in [-0.25, -0.2) is 4.39 Å². The molecule has 2 aromatic rings. The van der Waals surface area contributed by atoms with Crippen LogP contribution in [0.15, 0.2) is 48.5 Å². The van der Waals surface area contributed by atoms with Gasteiger partial charge in [0.1, 0.15) is 11.9 Å². The number of nitrogens with zero attached hydrogens (tertiary/aromatic N) is 1. The summed E-state index contributed by atoms with van der Waals surface area (Å²) in [5.74, 6) is 0.417. The number of anilines is 1. The Balaban J connectivity index is 1.65. The number of rotatable bonds is 6. The summed E-state index contributed by atoms with van der Waals surface area (Å²) in [5, 5.41) is 2.51. The summed E-state index contributed by atoms with van der Waals surface area (Å²) >= 11 is 0. The molecule has 1 atom stereocenters. The van der Waals surface area contributed by atoms with Gasteiger partial charge in [-0.15, -0.1) is 0 Å². The molecule has 27 heavy (non-hydrogen) atoms. The predicted molar refractivity (Wildman–Crippen MR) is 104 cm³/mol. The molecule has 0 saturated carbocycles. The highest BCUT2D eigenvalue weighted by Crippen LogP contribution is 2.30. The summed E-state index contributed by atoms with van der Waals surface area (Å²) in [4.78, 5) is 14.2. The van der Waals surface area contributed by atoms with Gasteiger partial charge < -0.3 is 19.7 Å². The van der Waals surface area contributed by atoms with Gasteiger partial charge in [-0.05, 0) is 49.4 Å². The number of hydrogen-bond acceptors (Lipinski definition) is 4. The van der Waals surface area contributed by atoms with Crippen molar-refractivity contribution in [1.29, 1.82) is 0 Å². The van der Waals surface area contributed by atoms with Crippen molar-refractivity contribution >= 4 is 17.7 Å². The van der Waals surface area contributed by atoms with Crippen molar-refractivity contribution in [2.45, 2.75) is 12.5 Å². The number of carbonyl (C=O) groups is 1. The van der Waals surface area contributed by atoms with Crippen molar-refractivity contribution < 1.29 is 18.7 Å². The van der Waals surface area contributed by atoms with E-state index in [1.165, 1.54) is 18.2 Å². The monoisotopic (exact) mass is 370 g/mol. The third kappa shape index (κ3) is 5.08. The molecule has 6 heteroatoms. The lowest BCUT2D eigenvalue weighted by molar-refractivity contribution is -0.111. The second-order valence-corrected chi connectivity index (χ2v) is 6.50. The molecule has 1 amide bonds. The zero-order valence-corrected chi connectivity index (χ0v) is 15.4. The van der Waals surface area contributed by atoms with Gasteiger partial charge in [-0.1, -0.05) is 18.2 Å². The number of amides is 1. The fourth-order valence-electron chi connectivity index (χ4n) is 2.96. The second-order valence-electron chi connectivity index (χ2n) is 6.50. The van der Waals surface area contributed by atoms with Crippen LogP contribution in [0, 0.1) is 5.82 Å². The highest BCUT2D eigenvalue weighted by molar-refractivity contribution is 6.02. The minimum atomic E-state index is -0.472. The van der Waals surface area contributed by atoms with E-state index < -0.39 is 11.7 Å². The van der Waals surface area contributed by atoms with Crippen molar-refractivity contribution in [3.63, 3.8) is 0 Å². The number of likely N-dealkylation sites (N-methyl/N-ethyl adjacent to an activating group) is 1. The second kappa shape index (κ2) is 8.68. The molecule has 0 radical (unpaired) electrons. The maximum absolute atomic E-state index is 13.6. The Kier molecular flexibility index (Phi) is 6.08. The van der Waals surface area contributed by atoms with Crippen LogP contribution >= 0.6 is 0 Å². The zero-order valence-electron chi connectivity index (χ0n) is 15.4. The van der Waals surface area contributed by atoms with Crippen LogP contribution in [0.2, 0.25) is 0 Å².